The fourth-order valence-corrected chi connectivity index (χ4v) is 3.98. The number of carboxylic acid groups (broad SMARTS) is 1. The minimum Gasteiger partial charge on any atom is -0.477 e. The molecule has 1 fully saturated rings. The molecule has 1 aliphatic rings. The molecule has 166 valence electrons. The Morgan fingerprint density at radius 2 is 1.88 bits per heavy atom. The van der Waals surface area contributed by atoms with Crippen molar-refractivity contribution in [3.63, 3.8) is 0 Å². The number of benzene rings is 1. The van der Waals surface area contributed by atoms with Gasteiger partial charge in [-0.05, 0) is 37.5 Å². The van der Waals surface area contributed by atoms with Crippen LogP contribution >= 0.6 is 0 Å². The van der Waals surface area contributed by atoms with Crippen molar-refractivity contribution in [2.75, 3.05) is 13.2 Å². The lowest BCUT2D eigenvalue weighted by Gasteiger charge is -2.38. The number of carbonyl (C=O) groups excluding carboxylic acids is 1. The lowest BCUT2D eigenvalue weighted by Crippen LogP contribution is -2.53. The molecule has 1 atom stereocenters. The van der Waals surface area contributed by atoms with Crippen molar-refractivity contribution in [2.45, 2.75) is 31.3 Å². The molecule has 1 aliphatic heterocycles. The van der Waals surface area contributed by atoms with E-state index < -0.39 is 23.6 Å². The first-order chi connectivity index (χ1) is 15.5. The summed E-state index contributed by atoms with van der Waals surface area (Å²) in [6.07, 6.45) is 4.35. The Balaban J connectivity index is 1.55. The van der Waals surface area contributed by atoms with E-state index in [1.807, 2.05) is 30.3 Å². The van der Waals surface area contributed by atoms with Crippen LogP contribution in [0.4, 0.5) is 4.79 Å². The molecule has 9 heteroatoms. The normalized spacial score (nSPS) is 16.2. The summed E-state index contributed by atoms with van der Waals surface area (Å²) in [7, 11) is 0. The summed E-state index contributed by atoms with van der Waals surface area (Å²) in [5, 5.41) is 19.6. The molecule has 0 bridgehead atoms. The van der Waals surface area contributed by atoms with Crippen LogP contribution < -0.4 is 10.6 Å². The summed E-state index contributed by atoms with van der Waals surface area (Å²) >= 11 is 0. The van der Waals surface area contributed by atoms with Gasteiger partial charge < -0.3 is 25.0 Å². The zero-order chi connectivity index (χ0) is 22.6. The molecule has 0 radical (unpaired) electrons. The SMILES string of the molecule is C[C@@H](NC(=O)NC1(c2ccccc2)CCOCC1)c1onc(-c2cccnc2)c1C(=O)O. The maximum atomic E-state index is 12.9. The molecule has 2 amide bonds. The number of ether oxygens (including phenoxy) is 1. The second-order valence-electron chi connectivity index (χ2n) is 7.70. The molecule has 4 rings (SSSR count). The number of rotatable bonds is 6. The molecule has 2 aromatic heterocycles. The quantitative estimate of drug-likeness (QED) is 0.540. The summed E-state index contributed by atoms with van der Waals surface area (Å²) in [6, 6.07) is 12.0. The fourth-order valence-electron chi connectivity index (χ4n) is 3.98. The predicted molar refractivity (Wildman–Crippen MR) is 115 cm³/mol. The molecule has 0 unspecified atom stereocenters. The van der Waals surface area contributed by atoms with Crippen LogP contribution in [0.5, 0.6) is 0 Å². The molecule has 0 aliphatic carbocycles. The maximum absolute atomic E-state index is 12.9. The third kappa shape index (κ3) is 4.33. The van der Waals surface area contributed by atoms with E-state index in [2.05, 4.69) is 20.8 Å². The highest BCUT2D eigenvalue weighted by molar-refractivity contribution is 5.96. The van der Waals surface area contributed by atoms with Gasteiger partial charge in [0.05, 0.1) is 11.6 Å². The zero-order valence-corrected chi connectivity index (χ0v) is 17.6. The van der Waals surface area contributed by atoms with Gasteiger partial charge in [-0.25, -0.2) is 9.59 Å². The summed E-state index contributed by atoms with van der Waals surface area (Å²) in [4.78, 5) is 28.9. The third-order valence-corrected chi connectivity index (χ3v) is 5.63. The van der Waals surface area contributed by atoms with Crippen LogP contribution in [-0.4, -0.2) is 40.5 Å². The van der Waals surface area contributed by atoms with Crippen LogP contribution in [0, 0.1) is 0 Å². The summed E-state index contributed by atoms with van der Waals surface area (Å²) < 4.78 is 10.9. The first kappa shape index (κ1) is 21.5. The number of carbonyl (C=O) groups is 2. The van der Waals surface area contributed by atoms with Crippen molar-refractivity contribution in [2.24, 2.45) is 0 Å². The van der Waals surface area contributed by atoms with Gasteiger partial charge in [0.1, 0.15) is 11.3 Å². The van der Waals surface area contributed by atoms with Gasteiger partial charge in [-0.2, -0.15) is 0 Å². The average Bonchev–Trinajstić information content (AvgIpc) is 3.27. The number of carboxylic acids is 1. The number of amides is 2. The Labute approximate surface area is 184 Å². The Morgan fingerprint density at radius 3 is 2.53 bits per heavy atom. The number of aromatic nitrogens is 2. The van der Waals surface area contributed by atoms with Crippen molar-refractivity contribution in [3.8, 4) is 11.3 Å². The summed E-state index contributed by atoms with van der Waals surface area (Å²) in [5.74, 6) is -1.13. The molecular formula is C23H24N4O5. The average molecular weight is 436 g/mol. The summed E-state index contributed by atoms with van der Waals surface area (Å²) in [6.45, 7) is 2.72. The van der Waals surface area contributed by atoms with E-state index in [0.717, 1.165) is 5.56 Å². The molecule has 1 saturated heterocycles. The van der Waals surface area contributed by atoms with E-state index in [9.17, 15) is 14.7 Å². The van der Waals surface area contributed by atoms with Gasteiger partial charge in [0, 0.05) is 31.2 Å². The Hall–Kier alpha value is -3.72. The van der Waals surface area contributed by atoms with Gasteiger partial charge in [-0.15, -0.1) is 0 Å². The summed E-state index contributed by atoms with van der Waals surface area (Å²) in [5.41, 5.74) is 1.01. The number of hydrogen-bond donors (Lipinski definition) is 3. The molecule has 3 N–H and O–H groups in total. The van der Waals surface area contributed by atoms with E-state index in [1.54, 1.807) is 25.3 Å². The van der Waals surface area contributed by atoms with Crippen LogP contribution in [0.3, 0.4) is 0 Å². The number of urea groups is 1. The van der Waals surface area contributed by atoms with Crippen molar-refractivity contribution in [1.82, 2.24) is 20.8 Å². The van der Waals surface area contributed by atoms with Gasteiger partial charge in [-0.1, -0.05) is 35.5 Å². The smallest absolute Gasteiger partial charge is 0.341 e. The molecule has 9 nitrogen and oxygen atoms in total. The Bertz CT molecular complexity index is 1080. The molecule has 32 heavy (non-hydrogen) atoms. The highest BCUT2D eigenvalue weighted by Crippen LogP contribution is 2.33. The van der Waals surface area contributed by atoms with Crippen LogP contribution in [0.1, 0.15) is 47.5 Å². The Kier molecular flexibility index (Phi) is 6.18. The highest BCUT2D eigenvalue weighted by Gasteiger charge is 2.37. The number of nitrogens with zero attached hydrogens (tertiary/aromatic N) is 2. The molecule has 0 spiro atoms. The van der Waals surface area contributed by atoms with Crippen molar-refractivity contribution in [1.29, 1.82) is 0 Å². The van der Waals surface area contributed by atoms with Gasteiger partial charge in [-0.3, -0.25) is 4.98 Å². The van der Waals surface area contributed by atoms with Gasteiger partial charge >= 0.3 is 12.0 Å². The van der Waals surface area contributed by atoms with E-state index >= 15 is 0 Å². The maximum Gasteiger partial charge on any atom is 0.341 e. The van der Waals surface area contributed by atoms with Crippen LogP contribution in [0.25, 0.3) is 11.3 Å². The van der Waals surface area contributed by atoms with Crippen molar-refractivity contribution in [3.05, 3.63) is 71.7 Å². The van der Waals surface area contributed by atoms with Crippen molar-refractivity contribution < 1.29 is 24.0 Å². The molecule has 0 saturated carbocycles. The van der Waals surface area contributed by atoms with Crippen LogP contribution in [0.2, 0.25) is 0 Å². The van der Waals surface area contributed by atoms with Crippen LogP contribution in [0.15, 0.2) is 59.4 Å². The lowest BCUT2D eigenvalue weighted by atomic mass is 9.83. The number of hydrogen-bond acceptors (Lipinski definition) is 6. The van der Waals surface area contributed by atoms with E-state index in [1.165, 1.54) is 6.20 Å². The first-order valence-corrected chi connectivity index (χ1v) is 10.4. The Morgan fingerprint density at radius 1 is 1.12 bits per heavy atom. The number of nitrogens with one attached hydrogen (secondary N) is 2. The monoisotopic (exact) mass is 436 g/mol. The van der Waals surface area contributed by atoms with E-state index in [0.29, 0.717) is 31.6 Å². The van der Waals surface area contributed by atoms with Gasteiger partial charge in [0.2, 0.25) is 0 Å². The van der Waals surface area contributed by atoms with E-state index in [-0.39, 0.29) is 17.0 Å². The fraction of sp³-hybridized carbons (Fsp3) is 0.304. The molecule has 1 aromatic carbocycles. The number of pyridine rings is 1. The predicted octanol–water partition coefficient (Wildman–Crippen LogP) is 3.50. The minimum atomic E-state index is -1.20. The highest BCUT2D eigenvalue weighted by atomic mass is 16.5. The second-order valence-corrected chi connectivity index (χ2v) is 7.70. The number of aromatic carboxylic acids is 1. The van der Waals surface area contributed by atoms with E-state index in [4.69, 9.17) is 9.26 Å². The first-order valence-electron chi connectivity index (χ1n) is 10.4. The lowest BCUT2D eigenvalue weighted by molar-refractivity contribution is 0.0407. The molecular weight excluding hydrogens is 412 g/mol. The topological polar surface area (TPSA) is 127 Å². The standard InChI is InChI=1S/C23H24N4O5/c1-15(20-18(21(28)29)19(27-32-20)16-6-5-11-24-14-16)25-22(30)26-23(9-12-31-13-10-23)17-7-3-2-4-8-17/h2-8,11,14-15H,9-10,12-13H2,1H3,(H,28,29)(H2,25,26,30)/t15-/m1/s1. The second kappa shape index (κ2) is 9.19. The molecule has 3 aromatic rings. The zero-order valence-electron chi connectivity index (χ0n) is 17.6. The third-order valence-electron chi connectivity index (χ3n) is 5.63. The van der Waals surface area contributed by atoms with Gasteiger partial charge in [0.25, 0.3) is 0 Å². The van der Waals surface area contributed by atoms with Gasteiger partial charge in [0.15, 0.2) is 5.76 Å². The largest absolute Gasteiger partial charge is 0.477 e. The molecule has 3 heterocycles. The van der Waals surface area contributed by atoms with Crippen LogP contribution in [-0.2, 0) is 10.3 Å². The van der Waals surface area contributed by atoms with Crippen molar-refractivity contribution >= 4 is 12.0 Å². The minimum absolute atomic E-state index is 0.0623.